The SMILES string of the molecule is CN1CCN(c2ncnc(Cl)c2C=O)CC1(C)C. The van der Waals surface area contributed by atoms with Crippen molar-refractivity contribution in [3.8, 4) is 0 Å². The molecule has 1 aliphatic rings. The molecule has 0 unspecified atom stereocenters. The highest BCUT2D eigenvalue weighted by Crippen LogP contribution is 2.27. The first-order valence-electron chi connectivity index (χ1n) is 5.87. The topological polar surface area (TPSA) is 49.3 Å². The van der Waals surface area contributed by atoms with Gasteiger partial charge in [0, 0.05) is 25.2 Å². The Morgan fingerprint density at radius 1 is 1.39 bits per heavy atom. The van der Waals surface area contributed by atoms with Crippen molar-refractivity contribution in [2.24, 2.45) is 0 Å². The maximum absolute atomic E-state index is 11.1. The Balaban J connectivity index is 2.33. The van der Waals surface area contributed by atoms with Crippen LogP contribution in [0.5, 0.6) is 0 Å². The van der Waals surface area contributed by atoms with Gasteiger partial charge in [-0.25, -0.2) is 9.97 Å². The van der Waals surface area contributed by atoms with Crippen molar-refractivity contribution in [1.82, 2.24) is 14.9 Å². The van der Waals surface area contributed by atoms with Crippen molar-refractivity contribution in [3.63, 3.8) is 0 Å². The Morgan fingerprint density at radius 2 is 2.11 bits per heavy atom. The first-order chi connectivity index (χ1) is 8.45. The van der Waals surface area contributed by atoms with Crippen LogP contribution >= 0.6 is 11.6 Å². The number of aromatic nitrogens is 2. The molecule has 0 saturated carbocycles. The van der Waals surface area contributed by atoms with E-state index < -0.39 is 0 Å². The zero-order chi connectivity index (χ0) is 13.3. The zero-order valence-electron chi connectivity index (χ0n) is 10.9. The Labute approximate surface area is 112 Å². The van der Waals surface area contributed by atoms with Crippen molar-refractivity contribution in [2.75, 3.05) is 31.6 Å². The Kier molecular flexibility index (Phi) is 3.54. The minimum atomic E-state index is 0.0375. The molecule has 18 heavy (non-hydrogen) atoms. The van der Waals surface area contributed by atoms with Gasteiger partial charge < -0.3 is 4.90 Å². The van der Waals surface area contributed by atoms with Gasteiger partial charge in [-0.05, 0) is 20.9 Å². The van der Waals surface area contributed by atoms with E-state index in [0.717, 1.165) is 25.9 Å². The summed E-state index contributed by atoms with van der Waals surface area (Å²) in [6.45, 7) is 6.89. The highest BCUT2D eigenvalue weighted by Gasteiger charge is 2.32. The molecule has 1 saturated heterocycles. The maximum Gasteiger partial charge on any atom is 0.156 e. The molecule has 0 radical (unpaired) electrons. The molecular formula is C12H17ClN4O. The number of nitrogens with zero attached hydrogens (tertiary/aromatic N) is 4. The molecule has 0 aliphatic carbocycles. The maximum atomic E-state index is 11.1. The van der Waals surface area contributed by atoms with Gasteiger partial charge in [-0.3, -0.25) is 9.69 Å². The molecule has 0 aromatic carbocycles. The molecule has 0 N–H and O–H groups in total. The molecule has 5 nitrogen and oxygen atoms in total. The monoisotopic (exact) mass is 268 g/mol. The molecule has 98 valence electrons. The lowest BCUT2D eigenvalue weighted by Crippen LogP contribution is -2.58. The largest absolute Gasteiger partial charge is 0.353 e. The van der Waals surface area contributed by atoms with Gasteiger partial charge >= 0.3 is 0 Å². The van der Waals surface area contributed by atoms with E-state index in [1.54, 1.807) is 0 Å². The fourth-order valence-electron chi connectivity index (χ4n) is 2.14. The number of aldehydes is 1. The van der Waals surface area contributed by atoms with E-state index in [1.807, 2.05) is 0 Å². The van der Waals surface area contributed by atoms with Crippen LogP contribution in [0.25, 0.3) is 0 Å². The molecule has 0 bridgehead atoms. The number of hydrogen-bond donors (Lipinski definition) is 0. The summed E-state index contributed by atoms with van der Waals surface area (Å²) in [5, 5.41) is 0.215. The number of hydrogen-bond acceptors (Lipinski definition) is 5. The van der Waals surface area contributed by atoms with Gasteiger partial charge in [0.1, 0.15) is 17.3 Å². The summed E-state index contributed by atoms with van der Waals surface area (Å²) in [7, 11) is 2.10. The Morgan fingerprint density at radius 3 is 2.72 bits per heavy atom. The Hall–Kier alpha value is -1.20. The summed E-state index contributed by atoms with van der Waals surface area (Å²) in [6.07, 6.45) is 2.12. The summed E-state index contributed by atoms with van der Waals surface area (Å²) < 4.78 is 0. The van der Waals surface area contributed by atoms with Crippen molar-refractivity contribution in [2.45, 2.75) is 19.4 Å². The van der Waals surface area contributed by atoms with Crippen LogP contribution in [-0.2, 0) is 0 Å². The lowest BCUT2D eigenvalue weighted by atomic mass is 9.99. The molecule has 2 heterocycles. The van der Waals surface area contributed by atoms with Gasteiger partial charge in [-0.15, -0.1) is 0 Å². The average Bonchev–Trinajstić information content (AvgIpc) is 2.32. The summed E-state index contributed by atoms with van der Waals surface area (Å²) in [5.41, 5.74) is 0.412. The molecule has 6 heteroatoms. The predicted molar refractivity (Wildman–Crippen MR) is 71.4 cm³/mol. The van der Waals surface area contributed by atoms with E-state index in [0.29, 0.717) is 11.4 Å². The second-order valence-corrected chi connectivity index (χ2v) is 5.53. The number of rotatable bonds is 2. The Bertz CT molecular complexity index is 463. The second-order valence-electron chi connectivity index (χ2n) is 5.18. The van der Waals surface area contributed by atoms with E-state index in [2.05, 4.69) is 40.7 Å². The van der Waals surface area contributed by atoms with Gasteiger partial charge in [0.05, 0.1) is 5.56 Å². The van der Waals surface area contributed by atoms with Crippen molar-refractivity contribution in [3.05, 3.63) is 17.0 Å². The zero-order valence-corrected chi connectivity index (χ0v) is 11.6. The molecule has 1 aliphatic heterocycles. The molecule has 0 amide bonds. The molecule has 2 rings (SSSR count). The normalized spacial score (nSPS) is 19.9. The lowest BCUT2D eigenvalue weighted by Gasteiger charge is -2.45. The fraction of sp³-hybridized carbons (Fsp3) is 0.583. The van der Waals surface area contributed by atoms with E-state index in [1.165, 1.54) is 6.33 Å². The second kappa shape index (κ2) is 4.82. The summed E-state index contributed by atoms with van der Waals surface area (Å²) >= 11 is 5.93. The fourth-order valence-corrected chi connectivity index (χ4v) is 2.31. The summed E-state index contributed by atoms with van der Waals surface area (Å²) in [5.74, 6) is 0.631. The lowest BCUT2D eigenvalue weighted by molar-refractivity contribution is 0.112. The van der Waals surface area contributed by atoms with Gasteiger partial charge in [-0.2, -0.15) is 0 Å². The van der Waals surface area contributed by atoms with Crippen LogP contribution in [0.3, 0.4) is 0 Å². The van der Waals surface area contributed by atoms with Crippen LogP contribution in [-0.4, -0.2) is 53.4 Å². The van der Waals surface area contributed by atoms with Crippen molar-refractivity contribution < 1.29 is 4.79 Å². The van der Waals surface area contributed by atoms with Crippen LogP contribution in [0.1, 0.15) is 24.2 Å². The van der Waals surface area contributed by atoms with Gasteiger partial charge in [0.15, 0.2) is 6.29 Å². The van der Waals surface area contributed by atoms with Gasteiger partial charge in [0.25, 0.3) is 0 Å². The third-order valence-electron chi connectivity index (χ3n) is 3.55. The number of likely N-dealkylation sites (N-methyl/N-ethyl adjacent to an activating group) is 1. The molecule has 0 spiro atoms. The van der Waals surface area contributed by atoms with Crippen molar-refractivity contribution >= 4 is 23.7 Å². The summed E-state index contributed by atoms with van der Waals surface area (Å²) in [6, 6.07) is 0. The minimum absolute atomic E-state index is 0.0375. The van der Waals surface area contributed by atoms with Crippen LogP contribution < -0.4 is 4.90 Å². The minimum Gasteiger partial charge on any atom is -0.353 e. The van der Waals surface area contributed by atoms with Crippen molar-refractivity contribution in [1.29, 1.82) is 0 Å². The van der Waals surface area contributed by atoms with Crippen LogP contribution in [0, 0.1) is 0 Å². The molecule has 1 fully saturated rings. The molecular weight excluding hydrogens is 252 g/mol. The van der Waals surface area contributed by atoms with E-state index in [4.69, 9.17) is 11.6 Å². The third-order valence-corrected chi connectivity index (χ3v) is 3.85. The van der Waals surface area contributed by atoms with Crippen LogP contribution in [0.15, 0.2) is 6.33 Å². The first kappa shape index (κ1) is 13.2. The smallest absolute Gasteiger partial charge is 0.156 e. The van der Waals surface area contributed by atoms with Gasteiger partial charge in [0.2, 0.25) is 0 Å². The predicted octanol–water partition coefficient (Wildman–Crippen LogP) is 1.47. The quantitative estimate of drug-likeness (QED) is 0.601. The molecule has 1 aromatic heterocycles. The number of anilines is 1. The number of halogens is 1. The highest BCUT2D eigenvalue weighted by molar-refractivity contribution is 6.32. The van der Waals surface area contributed by atoms with E-state index in [9.17, 15) is 4.79 Å². The molecule has 0 atom stereocenters. The number of piperazine rings is 1. The number of carbonyl (C=O) groups is 1. The first-order valence-corrected chi connectivity index (χ1v) is 6.25. The average molecular weight is 269 g/mol. The number of carbonyl (C=O) groups excluding carboxylic acids is 1. The van der Waals surface area contributed by atoms with Crippen LogP contribution in [0.4, 0.5) is 5.82 Å². The van der Waals surface area contributed by atoms with Gasteiger partial charge in [-0.1, -0.05) is 11.6 Å². The van der Waals surface area contributed by atoms with E-state index >= 15 is 0 Å². The summed E-state index contributed by atoms with van der Waals surface area (Å²) in [4.78, 5) is 23.6. The van der Waals surface area contributed by atoms with Crippen LogP contribution in [0.2, 0.25) is 5.15 Å². The third kappa shape index (κ3) is 2.33. The highest BCUT2D eigenvalue weighted by atomic mass is 35.5. The standard InChI is InChI=1S/C12H17ClN4O/c1-12(2)7-17(5-4-16(12)3)11-9(6-18)10(13)14-8-15-11/h6,8H,4-5,7H2,1-3H3. The molecule has 1 aromatic rings. The van der Waals surface area contributed by atoms with E-state index in [-0.39, 0.29) is 10.7 Å².